The molecule has 1 saturated heterocycles. The van der Waals surface area contributed by atoms with Gasteiger partial charge in [0.25, 0.3) is 5.56 Å². The molecule has 33 heavy (non-hydrogen) atoms. The molecule has 0 spiro atoms. The first-order valence-electron chi connectivity index (χ1n) is 11.0. The van der Waals surface area contributed by atoms with Crippen molar-refractivity contribution in [3.63, 3.8) is 0 Å². The van der Waals surface area contributed by atoms with Crippen molar-refractivity contribution >= 4 is 32.9 Å². The van der Waals surface area contributed by atoms with E-state index in [-0.39, 0.29) is 34.6 Å². The number of fused-ring (bicyclic) bond motifs is 1. The molecule has 0 saturated carbocycles. The third kappa shape index (κ3) is 4.83. The van der Waals surface area contributed by atoms with Gasteiger partial charge in [0.05, 0.1) is 22.3 Å². The summed E-state index contributed by atoms with van der Waals surface area (Å²) in [6.07, 6.45) is 1.75. The molecule has 10 nitrogen and oxygen atoms in total. The largest absolute Gasteiger partial charge is 0.339 e. The number of hydrogen-bond acceptors (Lipinski definition) is 8. The lowest BCUT2D eigenvalue weighted by Gasteiger charge is -2.27. The summed E-state index contributed by atoms with van der Waals surface area (Å²) in [5, 5.41) is 6.86. The highest BCUT2D eigenvalue weighted by Crippen LogP contribution is 2.27. The highest BCUT2D eigenvalue weighted by Gasteiger charge is 2.25. The fourth-order valence-electron chi connectivity index (χ4n) is 3.95. The monoisotopic (exact) mass is 472 g/mol. The predicted octanol–water partition coefficient (Wildman–Crippen LogP) is 1.80. The molecular weight excluding hydrogens is 444 g/mol. The summed E-state index contributed by atoms with van der Waals surface area (Å²) in [7, 11) is -1.52. The molecular formula is C22H28N6O4S. The molecule has 0 unspecified atom stereocenters. The van der Waals surface area contributed by atoms with Gasteiger partial charge < -0.3 is 15.2 Å². The first-order chi connectivity index (χ1) is 15.6. The Bertz CT molecular complexity index is 1340. The molecule has 0 bridgehead atoms. The molecule has 0 atom stereocenters. The van der Waals surface area contributed by atoms with E-state index in [1.54, 1.807) is 32.0 Å². The normalized spacial score (nSPS) is 15.9. The number of carbonyl (C=O) groups excluding carboxylic acids is 1. The van der Waals surface area contributed by atoms with E-state index in [1.807, 2.05) is 7.05 Å². The molecule has 11 heteroatoms. The average Bonchev–Trinajstić information content (AvgIpc) is 3.16. The summed E-state index contributed by atoms with van der Waals surface area (Å²) in [5.41, 5.74) is -0.184. The van der Waals surface area contributed by atoms with Crippen molar-refractivity contribution in [2.24, 2.45) is 5.92 Å². The van der Waals surface area contributed by atoms with Crippen molar-refractivity contribution in [3.05, 3.63) is 46.5 Å². The van der Waals surface area contributed by atoms with Crippen LogP contribution in [0.2, 0.25) is 0 Å². The zero-order valence-corrected chi connectivity index (χ0v) is 19.7. The van der Waals surface area contributed by atoms with Crippen LogP contribution < -0.4 is 10.9 Å². The Kier molecular flexibility index (Phi) is 6.35. The number of para-hydroxylation sites is 1. The molecule has 3 aromatic rings. The van der Waals surface area contributed by atoms with Crippen molar-refractivity contribution in [1.29, 1.82) is 0 Å². The minimum absolute atomic E-state index is 0.00634. The molecule has 2 N–H and O–H groups in total. The number of likely N-dealkylation sites (tertiary alicyclic amines) is 1. The van der Waals surface area contributed by atoms with Gasteiger partial charge in [-0.05, 0) is 59.0 Å². The number of aromatic amines is 1. The van der Waals surface area contributed by atoms with Crippen LogP contribution in [0.15, 0.2) is 40.0 Å². The fourth-order valence-corrected chi connectivity index (χ4v) is 5.15. The SMILES string of the molecule is CC(C)S(=O)(=O)c1ccccc1Nc1cc(=O)nc2[nH]c(CC(=O)C3CCN(C)CC3)nn12. The second kappa shape index (κ2) is 9.06. The van der Waals surface area contributed by atoms with Crippen molar-refractivity contribution in [1.82, 2.24) is 24.5 Å². The maximum absolute atomic E-state index is 12.8. The van der Waals surface area contributed by atoms with Crippen molar-refractivity contribution in [3.8, 4) is 0 Å². The highest BCUT2D eigenvalue weighted by atomic mass is 32.2. The summed E-state index contributed by atoms with van der Waals surface area (Å²) in [6.45, 7) is 5.00. The van der Waals surface area contributed by atoms with E-state index < -0.39 is 20.6 Å². The number of aromatic nitrogens is 4. The van der Waals surface area contributed by atoms with Crippen LogP contribution in [0.4, 0.5) is 11.5 Å². The van der Waals surface area contributed by atoms with Gasteiger partial charge in [-0.2, -0.15) is 9.50 Å². The number of ketones is 1. The van der Waals surface area contributed by atoms with E-state index in [1.165, 1.54) is 16.6 Å². The molecule has 4 rings (SSSR count). The lowest BCUT2D eigenvalue weighted by Crippen LogP contribution is -2.34. The van der Waals surface area contributed by atoms with Gasteiger partial charge in [-0.3, -0.25) is 9.59 Å². The quantitative estimate of drug-likeness (QED) is 0.532. The molecule has 0 amide bonds. The number of nitrogens with one attached hydrogen (secondary N) is 2. The van der Waals surface area contributed by atoms with Crippen LogP contribution >= 0.6 is 0 Å². The maximum atomic E-state index is 12.8. The first kappa shape index (κ1) is 23.1. The Morgan fingerprint density at radius 1 is 1.24 bits per heavy atom. The van der Waals surface area contributed by atoms with Gasteiger partial charge in [-0.15, -0.1) is 5.10 Å². The van der Waals surface area contributed by atoms with Gasteiger partial charge in [0, 0.05) is 12.0 Å². The second-order valence-corrected chi connectivity index (χ2v) is 11.2. The third-order valence-corrected chi connectivity index (χ3v) is 8.18. The lowest BCUT2D eigenvalue weighted by molar-refractivity contribution is -0.123. The van der Waals surface area contributed by atoms with Crippen molar-refractivity contribution < 1.29 is 13.2 Å². The van der Waals surface area contributed by atoms with Crippen LogP contribution in [-0.4, -0.2) is 64.1 Å². The zero-order chi connectivity index (χ0) is 23.8. The molecule has 1 aliphatic heterocycles. The topological polar surface area (TPSA) is 130 Å². The minimum atomic E-state index is -3.56. The summed E-state index contributed by atoms with van der Waals surface area (Å²) < 4.78 is 27.0. The Hall–Kier alpha value is -3.05. The number of nitrogens with zero attached hydrogens (tertiary/aromatic N) is 4. The summed E-state index contributed by atoms with van der Waals surface area (Å²) in [6, 6.07) is 7.75. The van der Waals surface area contributed by atoms with Crippen LogP contribution in [0.1, 0.15) is 32.5 Å². The lowest BCUT2D eigenvalue weighted by atomic mass is 9.91. The smallest absolute Gasteiger partial charge is 0.276 e. The van der Waals surface area contributed by atoms with Gasteiger partial charge >= 0.3 is 0 Å². The molecule has 1 fully saturated rings. The Labute approximate surface area is 192 Å². The van der Waals surface area contributed by atoms with E-state index in [0.29, 0.717) is 11.5 Å². The van der Waals surface area contributed by atoms with Gasteiger partial charge in [0.2, 0.25) is 5.78 Å². The van der Waals surface area contributed by atoms with Crippen LogP contribution in [0.5, 0.6) is 0 Å². The van der Waals surface area contributed by atoms with E-state index >= 15 is 0 Å². The summed E-state index contributed by atoms with van der Waals surface area (Å²) in [5.74, 6) is 0.940. The van der Waals surface area contributed by atoms with Crippen LogP contribution in [0.3, 0.4) is 0 Å². The Morgan fingerprint density at radius 2 is 1.94 bits per heavy atom. The fraction of sp³-hybridized carbons (Fsp3) is 0.455. The van der Waals surface area contributed by atoms with Gasteiger partial charge in [0.15, 0.2) is 9.84 Å². The molecule has 2 aromatic heterocycles. The number of carbonyl (C=O) groups is 1. The number of H-pyrrole nitrogens is 1. The van der Waals surface area contributed by atoms with Gasteiger partial charge in [0.1, 0.15) is 17.4 Å². The molecule has 1 aromatic carbocycles. The average molecular weight is 473 g/mol. The van der Waals surface area contributed by atoms with Crippen LogP contribution in [0, 0.1) is 5.92 Å². The Balaban J connectivity index is 1.65. The molecule has 0 radical (unpaired) electrons. The predicted molar refractivity (Wildman–Crippen MR) is 125 cm³/mol. The summed E-state index contributed by atoms with van der Waals surface area (Å²) in [4.78, 5) is 34.2. The minimum Gasteiger partial charge on any atom is -0.339 e. The second-order valence-electron chi connectivity index (χ2n) is 8.72. The number of rotatable bonds is 7. The van der Waals surface area contributed by atoms with Gasteiger partial charge in [-0.25, -0.2) is 8.42 Å². The van der Waals surface area contributed by atoms with Gasteiger partial charge in [-0.1, -0.05) is 12.1 Å². The van der Waals surface area contributed by atoms with Crippen molar-refractivity contribution in [2.75, 3.05) is 25.5 Å². The number of sulfone groups is 1. The third-order valence-electron chi connectivity index (χ3n) is 5.97. The number of Topliss-reactive ketones (excluding diaryl/α,β-unsaturated/α-hetero) is 1. The zero-order valence-electron chi connectivity index (χ0n) is 18.9. The van der Waals surface area contributed by atoms with E-state index in [4.69, 9.17) is 0 Å². The first-order valence-corrected chi connectivity index (χ1v) is 12.5. The Morgan fingerprint density at radius 3 is 2.64 bits per heavy atom. The molecule has 1 aliphatic rings. The number of anilines is 2. The molecule has 0 aliphatic carbocycles. The van der Waals surface area contributed by atoms with E-state index in [9.17, 15) is 18.0 Å². The van der Waals surface area contributed by atoms with Crippen molar-refractivity contribution in [2.45, 2.75) is 43.3 Å². The standard InChI is InChI=1S/C22H28N6O4S/c1-14(2)33(31,32)18-7-5-4-6-16(18)23-20-13-21(30)25-22-24-19(26-28(20)22)12-17(29)15-8-10-27(3)11-9-15/h4-7,13-15,23H,8-12H2,1-3H3,(H,24,25,26,30). The molecule has 176 valence electrons. The van der Waals surface area contributed by atoms with E-state index in [0.717, 1.165) is 25.9 Å². The van der Waals surface area contributed by atoms with Crippen LogP contribution in [-0.2, 0) is 21.1 Å². The summed E-state index contributed by atoms with van der Waals surface area (Å²) >= 11 is 0. The number of benzene rings is 1. The van der Waals surface area contributed by atoms with Crippen LogP contribution in [0.25, 0.3) is 5.78 Å². The maximum Gasteiger partial charge on any atom is 0.276 e. The number of hydrogen-bond donors (Lipinski definition) is 2. The highest BCUT2D eigenvalue weighted by molar-refractivity contribution is 7.92. The van der Waals surface area contributed by atoms with E-state index in [2.05, 4.69) is 25.3 Å². The molecule has 3 heterocycles. The number of piperidine rings is 1.